The molecule has 3 aliphatic rings. The van der Waals surface area contributed by atoms with Gasteiger partial charge in [0.1, 0.15) is 29.5 Å². The number of hydrogen-bond acceptors (Lipinski definition) is 10. The summed E-state index contributed by atoms with van der Waals surface area (Å²) in [5.74, 6) is -1.57. The molecule has 3 amide bonds. The molecule has 0 saturated carbocycles. The number of nitrogens with zero attached hydrogens (tertiary/aromatic N) is 5. The average molecular weight is 832 g/mol. The quantitative estimate of drug-likeness (QED) is 0.110. The highest BCUT2D eigenvalue weighted by molar-refractivity contribution is 6.11. The Hall–Kier alpha value is -6.39. The Morgan fingerprint density at radius 2 is 1.72 bits per heavy atom. The van der Waals surface area contributed by atoms with Gasteiger partial charge in [0.2, 0.25) is 11.8 Å². The van der Waals surface area contributed by atoms with Gasteiger partial charge in [-0.2, -0.15) is 10.2 Å². The largest absolute Gasteiger partial charge is 0.490 e. The molecule has 14 nitrogen and oxygen atoms in total. The molecular weight excluding hydrogens is 785 g/mol. The number of para-hydroxylation sites is 1. The van der Waals surface area contributed by atoms with Gasteiger partial charge in [-0.3, -0.25) is 34.4 Å². The number of aromatic nitrogens is 4. The highest BCUT2D eigenvalue weighted by Crippen LogP contribution is 2.35. The van der Waals surface area contributed by atoms with Crippen molar-refractivity contribution in [2.75, 3.05) is 68.1 Å². The molecule has 3 aliphatic heterocycles. The predicted molar refractivity (Wildman–Crippen MR) is 227 cm³/mol. The lowest BCUT2D eigenvalue weighted by Crippen LogP contribution is -2.47. The van der Waals surface area contributed by atoms with Gasteiger partial charge in [0.25, 0.3) is 5.91 Å². The van der Waals surface area contributed by atoms with Crippen LogP contribution in [0.2, 0.25) is 0 Å². The normalized spacial score (nSPS) is 17.8. The summed E-state index contributed by atoms with van der Waals surface area (Å²) in [5.41, 5.74) is 5.75. The Balaban J connectivity index is 0.851. The molecule has 16 heteroatoms. The van der Waals surface area contributed by atoms with E-state index in [0.717, 1.165) is 85.0 Å². The van der Waals surface area contributed by atoms with Gasteiger partial charge in [-0.05, 0) is 85.3 Å². The van der Waals surface area contributed by atoms with Gasteiger partial charge in [0.05, 0.1) is 22.7 Å². The molecule has 5 heterocycles. The Morgan fingerprint density at radius 3 is 2.51 bits per heavy atom. The zero-order chi connectivity index (χ0) is 42.0. The van der Waals surface area contributed by atoms with E-state index in [-0.39, 0.29) is 30.2 Å². The number of rotatable bonds is 12. The van der Waals surface area contributed by atoms with Crippen LogP contribution in [0.3, 0.4) is 0 Å². The van der Waals surface area contributed by atoms with E-state index in [1.54, 1.807) is 4.68 Å². The maximum absolute atomic E-state index is 14.0. The van der Waals surface area contributed by atoms with Crippen molar-refractivity contribution in [2.24, 2.45) is 7.05 Å². The number of ether oxygens (including phenoxy) is 2. The van der Waals surface area contributed by atoms with Crippen LogP contribution < -0.4 is 25.6 Å². The van der Waals surface area contributed by atoms with Gasteiger partial charge in [0, 0.05) is 93.7 Å². The first-order valence-electron chi connectivity index (χ1n) is 20.8. The number of halogens is 2. The number of aryl methyl sites for hydroxylation is 1. The number of amides is 3. The lowest BCUT2D eigenvalue weighted by molar-refractivity contribution is -0.134. The maximum Gasteiger partial charge on any atom is 0.258 e. The monoisotopic (exact) mass is 831 g/mol. The molecule has 316 valence electrons. The van der Waals surface area contributed by atoms with Crippen molar-refractivity contribution in [1.29, 1.82) is 0 Å². The third-order valence-electron chi connectivity index (χ3n) is 11.8. The van der Waals surface area contributed by atoms with Gasteiger partial charge < -0.3 is 25.0 Å². The molecule has 1 atom stereocenters. The zero-order valence-electron chi connectivity index (χ0n) is 33.8. The van der Waals surface area contributed by atoms with Crippen molar-refractivity contribution in [1.82, 2.24) is 30.2 Å². The summed E-state index contributed by atoms with van der Waals surface area (Å²) in [6.07, 6.45) is 2.68. The minimum atomic E-state index is -0.630. The number of H-pyrrole nitrogens is 1. The van der Waals surface area contributed by atoms with Crippen LogP contribution in [0, 0.1) is 11.6 Å². The summed E-state index contributed by atoms with van der Waals surface area (Å²) in [4.78, 5) is 43.1. The van der Waals surface area contributed by atoms with Crippen LogP contribution in [0.4, 0.5) is 26.0 Å². The lowest BCUT2D eigenvalue weighted by atomic mass is 9.93. The molecular formula is C45H47F2N9O5. The van der Waals surface area contributed by atoms with E-state index in [1.165, 1.54) is 12.1 Å². The van der Waals surface area contributed by atoms with E-state index >= 15 is 0 Å². The lowest BCUT2D eigenvalue weighted by Gasteiger charge is -2.36. The number of fused-ring (bicyclic) bond motifs is 2. The number of carbonyl (C=O) groups is 3. The Bertz CT molecular complexity index is 2590. The molecule has 3 fully saturated rings. The number of anilines is 3. The molecule has 0 aliphatic carbocycles. The van der Waals surface area contributed by atoms with Crippen LogP contribution in [0.15, 0.2) is 72.8 Å². The Kier molecular flexibility index (Phi) is 11.4. The highest BCUT2D eigenvalue weighted by Gasteiger charge is 2.32. The summed E-state index contributed by atoms with van der Waals surface area (Å²) in [7, 11) is 1.84. The van der Waals surface area contributed by atoms with Gasteiger partial charge in [-0.25, -0.2) is 8.78 Å². The third kappa shape index (κ3) is 8.77. The van der Waals surface area contributed by atoms with Crippen molar-refractivity contribution >= 4 is 56.7 Å². The fourth-order valence-electron chi connectivity index (χ4n) is 8.67. The first kappa shape index (κ1) is 40.0. The summed E-state index contributed by atoms with van der Waals surface area (Å²) < 4.78 is 41.4. The van der Waals surface area contributed by atoms with Gasteiger partial charge in [0.15, 0.2) is 5.82 Å². The summed E-state index contributed by atoms with van der Waals surface area (Å²) in [5, 5.41) is 22.7. The number of imide groups is 1. The number of benzene rings is 4. The van der Waals surface area contributed by atoms with Crippen molar-refractivity contribution in [3.8, 4) is 5.75 Å². The number of hydrogen-bond donors (Lipinski definition) is 4. The van der Waals surface area contributed by atoms with E-state index in [1.807, 2.05) is 55.6 Å². The minimum Gasteiger partial charge on any atom is -0.490 e. The number of piperazine rings is 1. The second-order valence-corrected chi connectivity index (χ2v) is 16.0. The maximum atomic E-state index is 14.0. The van der Waals surface area contributed by atoms with Crippen LogP contribution >= 0.6 is 0 Å². The third-order valence-corrected chi connectivity index (χ3v) is 11.8. The van der Waals surface area contributed by atoms with E-state index in [4.69, 9.17) is 9.47 Å². The van der Waals surface area contributed by atoms with Crippen molar-refractivity contribution in [3.63, 3.8) is 0 Å². The number of nitrogens with one attached hydrogen (secondary N) is 4. The zero-order valence-corrected chi connectivity index (χ0v) is 33.8. The van der Waals surface area contributed by atoms with Crippen LogP contribution in [-0.4, -0.2) is 101 Å². The summed E-state index contributed by atoms with van der Waals surface area (Å²) in [6.45, 7) is 5.73. The van der Waals surface area contributed by atoms with Gasteiger partial charge in [-0.1, -0.05) is 18.2 Å². The molecule has 4 aromatic carbocycles. The topological polar surface area (TPSA) is 159 Å². The molecule has 4 N–H and O–H groups in total. The summed E-state index contributed by atoms with van der Waals surface area (Å²) >= 11 is 0. The molecule has 61 heavy (non-hydrogen) atoms. The van der Waals surface area contributed by atoms with Crippen molar-refractivity contribution < 1.29 is 32.6 Å². The second kappa shape index (κ2) is 17.3. The first-order chi connectivity index (χ1) is 29.6. The molecule has 2 aromatic heterocycles. The smallest absolute Gasteiger partial charge is 0.258 e. The number of piperidine rings is 1. The first-order valence-corrected chi connectivity index (χ1v) is 20.8. The van der Waals surface area contributed by atoms with Crippen LogP contribution in [0.25, 0.3) is 21.8 Å². The SMILES string of the molecule is Cn1nc(C2CCC(=O)NC2=O)c2cccc(OCCN3CCN(c4ccc(C(=O)Nc5n[nH]c6ccc(Cc7cc(F)cc(F)c7)cc56)c(NC5CCOCC5)c4)CC3)c21. The van der Waals surface area contributed by atoms with E-state index in [9.17, 15) is 23.2 Å². The molecule has 6 aromatic rings. The molecule has 0 radical (unpaired) electrons. The van der Waals surface area contributed by atoms with E-state index in [0.29, 0.717) is 66.4 Å². The average Bonchev–Trinajstić information content (AvgIpc) is 3.80. The molecule has 0 spiro atoms. The summed E-state index contributed by atoms with van der Waals surface area (Å²) in [6, 6.07) is 20.9. The predicted octanol–water partition coefficient (Wildman–Crippen LogP) is 5.88. The van der Waals surface area contributed by atoms with Gasteiger partial charge >= 0.3 is 0 Å². The van der Waals surface area contributed by atoms with Crippen LogP contribution in [0.5, 0.6) is 5.75 Å². The minimum absolute atomic E-state index is 0.148. The van der Waals surface area contributed by atoms with Crippen LogP contribution in [0.1, 0.15) is 58.8 Å². The fourth-order valence-corrected chi connectivity index (χ4v) is 8.67. The standard InChI is InChI=1S/C45H47F2N9O5/c1-54-42-34(41(53-54)35-8-10-40(57)49-45(35)59)3-2-4-39(42)61-20-17-55-13-15-56(16-14-55)32-6-7-33(38(26-32)48-31-11-18-60-19-12-31)44(58)50-43-36-24-27(5-9-37(36)51-52-43)21-28-22-29(46)25-30(47)23-28/h2-7,9,22-26,31,35,48H,8,10-21H2,1H3,(H,49,57,59)(H2,50,51,52,58). The molecule has 3 saturated heterocycles. The fraction of sp³-hybridized carbons (Fsp3) is 0.356. The number of carbonyl (C=O) groups excluding carboxylic acids is 3. The van der Waals surface area contributed by atoms with Gasteiger partial charge in [-0.15, -0.1) is 0 Å². The van der Waals surface area contributed by atoms with Crippen molar-refractivity contribution in [3.05, 3.63) is 107 Å². The molecule has 9 rings (SSSR count). The number of aromatic amines is 1. The van der Waals surface area contributed by atoms with Crippen molar-refractivity contribution in [2.45, 2.75) is 44.1 Å². The Labute approximate surface area is 350 Å². The highest BCUT2D eigenvalue weighted by atomic mass is 19.1. The second-order valence-electron chi connectivity index (χ2n) is 16.0. The van der Waals surface area contributed by atoms with E-state index in [2.05, 4.69) is 47.1 Å². The molecule has 1 unspecified atom stereocenters. The Morgan fingerprint density at radius 1 is 0.918 bits per heavy atom. The van der Waals surface area contributed by atoms with E-state index < -0.39 is 17.6 Å². The molecule has 0 bridgehead atoms. The van der Waals surface area contributed by atoms with Crippen LogP contribution in [-0.2, 0) is 27.8 Å².